The third kappa shape index (κ3) is 1.73. The fourth-order valence-electron chi connectivity index (χ4n) is 1.45. The SMILES string of the molecule is CCC=C1CCCC=C1C. The summed E-state index contributed by atoms with van der Waals surface area (Å²) in [6.45, 7) is 4.43. The van der Waals surface area contributed by atoms with Gasteiger partial charge in [0.1, 0.15) is 0 Å². The molecule has 1 rings (SSSR count). The largest absolute Gasteiger partial charge is 0.0813 e. The van der Waals surface area contributed by atoms with E-state index in [1.807, 2.05) is 0 Å². The van der Waals surface area contributed by atoms with Crippen LogP contribution in [0.4, 0.5) is 0 Å². The average Bonchev–Trinajstić information content (AvgIpc) is 1.94. The quantitative estimate of drug-likeness (QED) is 0.518. The minimum atomic E-state index is 1.18. The van der Waals surface area contributed by atoms with Gasteiger partial charge in [0.15, 0.2) is 0 Å². The molecular weight excluding hydrogens is 120 g/mol. The second-order valence-electron chi connectivity index (χ2n) is 2.92. The molecule has 0 nitrogen and oxygen atoms in total. The molecule has 0 amide bonds. The maximum Gasteiger partial charge on any atom is -0.0277 e. The first-order valence-electron chi connectivity index (χ1n) is 4.20. The summed E-state index contributed by atoms with van der Waals surface area (Å²) >= 11 is 0. The fraction of sp³-hybridized carbons (Fsp3) is 0.600. The first kappa shape index (κ1) is 7.59. The number of allylic oxidation sites excluding steroid dienone is 4. The van der Waals surface area contributed by atoms with Crippen LogP contribution < -0.4 is 0 Å². The van der Waals surface area contributed by atoms with Gasteiger partial charge in [-0.3, -0.25) is 0 Å². The normalized spacial score (nSPS) is 23.0. The lowest BCUT2D eigenvalue weighted by Gasteiger charge is -2.12. The second-order valence-corrected chi connectivity index (χ2v) is 2.92. The summed E-state index contributed by atoms with van der Waals surface area (Å²) in [5.41, 5.74) is 3.09. The molecule has 0 radical (unpaired) electrons. The second kappa shape index (κ2) is 3.60. The summed E-state index contributed by atoms with van der Waals surface area (Å²) in [5.74, 6) is 0. The molecule has 0 N–H and O–H groups in total. The summed E-state index contributed by atoms with van der Waals surface area (Å²) in [6.07, 6.45) is 9.82. The smallest absolute Gasteiger partial charge is 0.0277 e. The van der Waals surface area contributed by atoms with Gasteiger partial charge in [-0.05, 0) is 38.2 Å². The highest BCUT2D eigenvalue weighted by atomic mass is 14.1. The van der Waals surface area contributed by atoms with Crippen LogP contribution in [-0.2, 0) is 0 Å². The molecule has 0 saturated heterocycles. The monoisotopic (exact) mass is 136 g/mol. The van der Waals surface area contributed by atoms with E-state index in [9.17, 15) is 0 Å². The van der Waals surface area contributed by atoms with Crippen LogP contribution in [0.2, 0.25) is 0 Å². The Balaban J connectivity index is 2.67. The molecule has 0 heteroatoms. The fourth-order valence-corrected chi connectivity index (χ4v) is 1.45. The van der Waals surface area contributed by atoms with E-state index in [0.29, 0.717) is 0 Å². The highest BCUT2D eigenvalue weighted by Crippen LogP contribution is 2.23. The molecule has 0 spiro atoms. The minimum Gasteiger partial charge on any atom is -0.0813 e. The molecular formula is C10H16. The number of rotatable bonds is 1. The molecule has 0 unspecified atom stereocenters. The molecule has 0 fully saturated rings. The van der Waals surface area contributed by atoms with E-state index in [1.165, 1.54) is 31.3 Å². The van der Waals surface area contributed by atoms with Gasteiger partial charge in [0.05, 0.1) is 0 Å². The third-order valence-electron chi connectivity index (χ3n) is 2.06. The van der Waals surface area contributed by atoms with Gasteiger partial charge in [-0.1, -0.05) is 24.6 Å². The maximum atomic E-state index is 2.35. The zero-order chi connectivity index (χ0) is 7.40. The molecule has 1 aliphatic rings. The summed E-state index contributed by atoms with van der Waals surface area (Å²) in [4.78, 5) is 0. The molecule has 0 aromatic carbocycles. The minimum absolute atomic E-state index is 1.18. The van der Waals surface area contributed by atoms with Crippen LogP contribution in [-0.4, -0.2) is 0 Å². The summed E-state index contributed by atoms with van der Waals surface area (Å²) < 4.78 is 0. The molecule has 10 heavy (non-hydrogen) atoms. The van der Waals surface area contributed by atoms with E-state index in [4.69, 9.17) is 0 Å². The lowest BCUT2D eigenvalue weighted by Crippen LogP contribution is -1.92. The third-order valence-corrected chi connectivity index (χ3v) is 2.06. The Kier molecular flexibility index (Phi) is 2.73. The molecule has 0 heterocycles. The molecule has 1 aliphatic carbocycles. The van der Waals surface area contributed by atoms with E-state index >= 15 is 0 Å². The zero-order valence-electron chi connectivity index (χ0n) is 6.98. The van der Waals surface area contributed by atoms with Crippen molar-refractivity contribution < 1.29 is 0 Å². The molecule has 0 saturated carbocycles. The Morgan fingerprint density at radius 1 is 1.60 bits per heavy atom. The van der Waals surface area contributed by atoms with Crippen molar-refractivity contribution in [3.63, 3.8) is 0 Å². The van der Waals surface area contributed by atoms with Gasteiger partial charge in [-0.2, -0.15) is 0 Å². The van der Waals surface area contributed by atoms with Crippen LogP contribution in [0.5, 0.6) is 0 Å². The lowest BCUT2D eigenvalue weighted by molar-refractivity contribution is 0.796. The summed E-state index contributed by atoms with van der Waals surface area (Å²) in [6, 6.07) is 0. The molecule has 0 aliphatic heterocycles. The van der Waals surface area contributed by atoms with E-state index in [2.05, 4.69) is 26.0 Å². The maximum absolute atomic E-state index is 2.35. The molecule has 0 atom stereocenters. The Labute approximate surface area is 63.6 Å². The number of hydrogen-bond acceptors (Lipinski definition) is 0. The lowest BCUT2D eigenvalue weighted by atomic mass is 9.94. The first-order chi connectivity index (χ1) is 4.84. The molecule has 56 valence electrons. The predicted octanol–water partition coefficient (Wildman–Crippen LogP) is 3.45. The van der Waals surface area contributed by atoms with Crippen molar-refractivity contribution in [1.29, 1.82) is 0 Å². The van der Waals surface area contributed by atoms with Gasteiger partial charge < -0.3 is 0 Å². The summed E-state index contributed by atoms with van der Waals surface area (Å²) in [5, 5.41) is 0. The van der Waals surface area contributed by atoms with Crippen LogP contribution in [0.25, 0.3) is 0 Å². The van der Waals surface area contributed by atoms with Gasteiger partial charge in [0, 0.05) is 0 Å². The van der Waals surface area contributed by atoms with Gasteiger partial charge in [-0.25, -0.2) is 0 Å². The Bertz CT molecular complexity index is 161. The summed E-state index contributed by atoms with van der Waals surface area (Å²) in [7, 11) is 0. The van der Waals surface area contributed by atoms with Gasteiger partial charge in [-0.15, -0.1) is 0 Å². The Morgan fingerprint density at radius 3 is 3.00 bits per heavy atom. The van der Waals surface area contributed by atoms with Crippen LogP contribution >= 0.6 is 0 Å². The van der Waals surface area contributed by atoms with Crippen molar-refractivity contribution in [3.8, 4) is 0 Å². The predicted molar refractivity (Wildman–Crippen MR) is 46.0 cm³/mol. The van der Waals surface area contributed by atoms with Crippen molar-refractivity contribution in [3.05, 3.63) is 23.3 Å². The topological polar surface area (TPSA) is 0 Å². The molecule has 0 aromatic rings. The Hall–Kier alpha value is -0.520. The van der Waals surface area contributed by atoms with Crippen LogP contribution in [0.3, 0.4) is 0 Å². The van der Waals surface area contributed by atoms with Crippen LogP contribution in [0.1, 0.15) is 39.5 Å². The van der Waals surface area contributed by atoms with Crippen molar-refractivity contribution in [2.75, 3.05) is 0 Å². The van der Waals surface area contributed by atoms with Crippen molar-refractivity contribution >= 4 is 0 Å². The Morgan fingerprint density at radius 2 is 2.40 bits per heavy atom. The molecule has 0 bridgehead atoms. The van der Waals surface area contributed by atoms with Crippen molar-refractivity contribution in [1.82, 2.24) is 0 Å². The van der Waals surface area contributed by atoms with E-state index in [-0.39, 0.29) is 0 Å². The van der Waals surface area contributed by atoms with Gasteiger partial charge >= 0.3 is 0 Å². The number of hydrogen-bond donors (Lipinski definition) is 0. The highest BCUT2D eigenvalue weighted by Gasteiger charge is 2.03. The van der Waals surface area contributed by atoms with Gasteiger partial charge in [0.25, 0.3) is 0 Å². The van der Waals surface area contributed by atoms with E-state index < -0.39 is 0 Å². The van der Waals surface area contributed by atoms with Crippen molar-refractivity contribution in [2.24, 2.45) is 0 Å². The van der Waals surface area contributed by atoms with Crippen LogP contribution in [0.15, 0.2) is 23.3 Å². The zero-order valence-corrected chi connectivity index (χ0v) is 6.98. The van der Waals surface area contributed by atoms with Crippen molar-refractivity contribution in [2.45, 2.75) is 39.5 Å². The first-order valence-corrected chi connectivity index (χ1v) is 4.20. The van der Waals surface area contributed by atoms with Crippen LogP contribution in [0, 0.1) is 0 Å². The van der Waals surface area contributed by atoms with Gasteiger partial charge in [0.2, 0.25) is 0 Å². The standard InChI is InChI=1S/C10H16/c1-3-6-10-8-5-4-7-9(10)2/h6-7H,3-5,8H2,1-2H3. The van der Waals surface area contributed by atoms with E-state index in [1.54, 1.807) is 5.57 Å². The highest BCUT2D eigenvalue weighted by molar-refractivity contribution is 5.30. The average molecular weight is 136 g/mol. The molecule has 0 aromatic heterocycles. The van der Waals surface area contributed by atoms with E-state index in [0.717, 1.165) is 0 Å².